The van der Waals surface area contributed by atoms with Gasteiger partial charge in [-0.2, -0.15) is 13.2 Å². The highest BCUT2D eigenvalue weighted by Crippen LogP contribution is 2.36. The van der Waals surface area contributed by atoms with Crippen LogP contribution < -0.4 is 0 Å². The van der Waals surface area contributed by atoms with Crippen molar-refractivity contribution in [1.82, 2.24) is 19.9 Å². The molecule has 0 saturated carbocycles. The fraction of sp³-hybridized carbons (Fsp3) is 0.154. The van der Waals surface area contributed by atoms with Crippen molar-refractivity contribution in [2.45, 2.75) is 12.6 Å². The second-order valence-electron chi connectivity index (χ2n) is 8.57. The molecule has 4 aromatic heterocycles. The lowest BCUT2D eigenvalue weighted by molar-refractivity contribution is -0.192. The molecule has 202 valence electrons. The highest BCUT2D eigenvalue weighted by molar-refractivity contribution is 7.90. The van der Waals surface area contributed by atoms with E-state index in [9.17, 15) is 21.6 Å². The molecular weight excluding hydrogens is 540 g/mol. The van der Waals surface area contributed by atoms with E-state index in [1.807, 2.05) is 42.5 Å². The van der Waals surface area contributed by atoms with Gasteiger partial charge in [-0.25, -0.2) is 22.6 Å². The van der Waals surface area contributed by atoms with Crippen molar-refractivity contribution in [3.63, 3.8) is 0 Å². The first kappa shape index (κ1) is 27.6. The summed E-state index contributed by atoms with van der Waals surface area (Å²) in [6.45, 7) is 0. The van der Waals surface area contributed by atoms with E-state index in [1.165, 1.54) is 12.5 Å². The molecule has 0 aliphatic rings. The third-order valence-corrected chi connectivity index (χ3v) is 6.61. The van der Waals surface area contributed by atoms with Crippen molar-refractivity contribution in [2.75, 3.05) is 12.0 Å². The highest BCUT2D eigenvalue weighted by Gasteiger charge is 2.38. The van der Waals surface area contributed by atoms with E-state index in [0.29, 0.717) is 28.6 Å². The van der Waals surface area contributed by atoms with Crippen LogP contribution in [0.1, 0.15) is 5.56 Å². The summed E-state index contributed by atoms with van der Waals surface area (Å²) in [5, 5.41) is 8.62. The molecule has 4 heterocycles. The van der Waals surface area contributed by atoms with Gasteiger partial charge in [0.05, 0.1) is 29.4 Å². The Morgan fingerprint density at radius 2 is 1.72 bits per heavy atom. The van der Waals surface area contributed by atoms with Crippen LogP contribution in [-0.2, 0) is 21.1 Å². The molecule has 0 fully saturated rings. The molecule has 8 nitrogen and oxygen atoms in total. The van der Waals surface area contributed by atoms with E-state index in [-0.39, 0.29) is 5.75 Å². The first-order valence-corrected chi connectivity index (χ1v) is 13.3. The number of benzene rings is 1. The van der Waals surface area contributed by atoms with Crippen molar-refractivity contribution in [3.8, 4) is 22.4 Å². The lowest BCUT2D eigenvalue weighted by atomic mass is 9.99. The maximum absolute atomic E-state index is 15.1. The van der Waals surface area contributed by atoms with E-state index in [2.05, 4.69) is 19.9 Å². The first-order chi connectivity index (χ1) is 18.3. The predicted octanol–water partition coefficient (Wildman–Crippen LogP) is 5.20. The number of aryl methyl sites for hydroxylation is 1. The third-order valence-electron chi connectivity index (χ3n) is 5.66. The Balaban J connectivity index is 0.000000448. The Kier molecular flexibility index (Phi) is 7.63. The lowest BCUT2D eigenvalue weighted by Crippen LogP contribution is -2.21. The van der Waals surface area contributed by atoms with Crippen LogP contribution in [0.3, 0.4) is 0 Å². The van der Waals surface area contributed by atoms with Gasteiger partial charge in [0.1, 0.15) is 21.3 Å². The molecule has 0 unspecified atom stereocenters. The fourth-order valence-corrected chi connectivity index (χ4v) is 4.44. The molecule has 0 saturated heterocycles. The van der Waals surface area contributed by atoms with Gasteiger partial charge in [-0.05, 0) is 35.7 Å². The predicted molar refractivity (Wildman–Crippen MR) is 137 cm³/mol. The van der Waals surface area contributed by atoms with Gasteiger partial charge in [-0.1, -0.05) is 24.3 Å². The molecule has 2 N–H and O–H groups in total. The number of nitrogens with zero attached hydrogens (tertiary/aromatic N) is 3. The Morgan fingerprint density at radius 1 is 1.03 bits per heavy atom. The number of H-pyrrole nitrogens is 1. The molecule has 0 spiro atoms. The summed E-state index contributed by atoms with van der Waals surface area (Å²) >= 11 is 0. The first-order valence-electron chi connectivity index (χ1n) is 11.3. The van der Waals surface area contributed by atoms with E-state index in [4.69, 9.17) is 9.90 Å². The number of hydrogen-bond donors (Lipinski definition) is 2. The van der Waals surface area contributed by atoms with Gasteiger partial charge in [0, 0.05) is 40.5 Å². The summed E-state index contributed by atoms with van der Waals surface area (Å²) in [4.78, 5) is 25.0. The lowest BCUT2D eigenvalue weighted by Gasteiger charge is -2.08. The van der Waals surface area contributed by atoms with Crippen molar-refractivity contribution in [1.29, 1.82) is 0 Å². The molecule has 1 aromatic carbocycles. The van der Waals surface area contributed by atoms with Gasteiger partial charge in [0.2, 0.25) is 0 Å². The second kappa shape index (κ2) is 10.8. The topological polar surface area (TPSA) is 126 Å². The number of alkyl halides is 3. The highest BCUT2D eigenvalue weighted by atomic mass is 32.2. The zero-order valence-electron chi connectivity index (χ0n) is 20.2. The normalized spacial score (nSPS) is 11.8. The van der Waals surface area contributed by atoms with Crippen LogP contribution in [0.25, 0.3) is 44.3 Å². The number of halogens is 4. The number of aliphatic carboxylic acids is 1. The number of hydrogen-bond acceptors (Lipinski definition) is 6. The van der Waals surface area contributed by atoms with E-state index >= 15 is 4.39 Å². The molecule has 13 heteroatoms. The molecule has 0 amide bonds. The number of aromatic amines is 1. The molecule has 0 aliphatic carbocycles. The number of pyridine rings is 3. The number of sulfone groups is 1. The largest absolute Gasteiger partial charge is 0.490 e. The molecular formula is C26H20F4N4O4S. The van der Waals surface area contributed by atoms with Crippen LogP contribution in [-0.4, -0.2) is 57.6 Å². The molecule has 0 radical (unpaired) electrons. The number of aromatic nitrogens is 4. The van der Waals surface area contributed by atoms with Crippen molar-refractivity contribution in [3.05, 3.63) is 78.6 Å². The van der Waals surface area contributed by atoms with Gasteiger partial charge in [0.25, 0.3) is 0 Å². The third kappa shape index (κ3) is 6.55. The summed E-state index contributed by atoms with van der Waals surface area (Å²) in [7, 11) is -3.05. The number of rotatable bonds is 5. The average Bonchev–Trinajstić information content (AvgIpc) is 3.26. The molecule has 5 rings (SSSR count). The van der Waals surface area contributed by atoms with Crippen molar-refractivity contribution in [2.24, 2.45) is 0 Å². The molecule has 0 aliphatic heterocycles. The Bertz CT molecular complexity index is 1750. The van der Waals surface area contributed by atoms with Crippen LogP contribution in [0.5, 0.6) is 0 Å². The fourth-order valence-electron chi connectivity index (χ4n) is 3.83. The minimum absolute atomic E-state index is 0.0762. The molecule has 39 heavy (non-hydrogen) atoms. The quantitative estimate of drug-likeness (QED) is 0.283. The van der Waals surface area contributed by atoms with Crippen LogP contribution >= 0.6 is 0 Å². The van der Waals surface area contributed by atoms with E-state index in [1.54, 1.807) is 18.6 Å². The molecule has 0 bridgehead atoms. The van der Waals surface area contributed by atoms with Crippen LogP contribution in [0.15, 0.2) is 67.3 Å². The maximum atomic E-state index is 15.1. The Morgan fingerprint density at radius 3 is 2.31 bits per heavy atom. The van der Waals surface area contributed by atoms with Gasteiger partial charge in [0.15, 0.2) is 0 Å². The van der Waals surface area contributed by atoms with Crippen LogP contribution in [0.2, 0.25) is 0 Å². The summed E-state index contributed by atoms with van der Waals surface area (Å²) in [5.41, 5.74) is 4.95. The second-order valence-corrected chi connectivity index (χ2v) is 10.8. The van der Waals surface area contributed by atoms with Crippen molar-refractivity contribution >= 4 is 37.7 Å². The van der Waals surface area contributed by atoms with E-state index < -0.39 is 27.8 Å². The van der Waals surface area contributed by atoms with Gasteiger partial charge < -0.3 is 10.1 Å². The number of carboxylic acids is 1. The maximum Gasteiger partial charge on any atom is 0.490 e. The zero-order chi connectivity index (χ0) is 28.4. The zero-order valence-corrected chi connectivity index (χ0v) is 21.0. The van der Waals surface area contributed by atoms with Crippen LogP contribution in [0, 0.1) is 5.82 Å². The standard InChI is InChI=1S/C24H19FN4O2S.C2HF3O2/c1-32(30,31)10-8-15-4-6-16(7-5-15)22-19(25)13-28-24-23(22)18-11-20(27-14-21(18)29-24)17-3-2-9-26-12-17;3-2(4,5)1(6)7/h2-7,9,11-14H,8,10H2,1H3,(H,28,29);(H,6,7). The number of carbonyl (C=O) groups is 1. The summed E-state index contributed by atoms with van der Waals surface area (Å²) in [5.74, 6) is -3.11. The molecule has 5 aromatic rings. The van der Waals surface area contributed by atoms with E-state index in [0.717, 1.165) is 27.7 Å². The van der Waals surface area contributed by atoms with Gasteiger partial charge in [-0.3, -0.25) is 9.97 Å². The summed E-state index contributed by atoms with van der Waals surface area (Å²) in [6.07, 6.45) is 2.91. The Hall–Kier alpha value is -4.39. The smallest absolute Gasteiger partial charge is 0.475 e. The van der Waals surface area contributed by atoms with Crippen molar-refractivity contribution < 1.29 is 35.9 Å². The Labute approximate surface area is 219 Å². The number of carboxylic acid groups (broad SMARTS) is 1. The minimum atomic E-state index is -5.08. The molecule has 0 atom stereocenters. The minimum Gasteiger partial charge on any atom is -0.475 e. The van der Waals surface area contributed by atoms with Gasteiger partial charge in [-0.15, -0.1) is 0 Å². The number of fused-ring (bicyclic) bond motifs is 3. The summed E-state index contributed by atoms with van der Waals surface area (Å²) < 4.78 is 69.7. The SMILES string of the molecule is CS(=O)(=O)CCc1ccc(-c2c(F)cnc3[nH]c4cnc(-c5cccnc5)cc4c23)cc1.O=C(O)C(F)(F)F. The van der Waals surface area contributed by atoms with Crippen LogP contribution in [0.4, 0.5) is 17.6 Å². The summed E-state index contributed by atoms with van der Waals surface area (Å²) in [6, 6.07) is 13.0. The average molecular weight is 561 g/mol. The monoisotopic (exact) mass is 560 g/mol. The van der Waals surface area contributed by atoms with Gasteiger partial charge >= 0.3 is 12.1 Å². The number of nitrogens with one attached hydrogen (secondary N) is 1.